The van der Waals surface area contributed by atoms with E-state index in [-0.39, 0.29) is 11.7 Å². The van der Waals surface area contributed by atoms with Gasteiger partial charge in [-0.1, -0.05) is 25.7 Å². The second-order valence-electron chi connectivity index (χ2n) is 5.92. The van der Waals surface area contributed by atoms with E-state index in [0.29, 0.717) is 6.54 Å². The molecule has 1 aliphatic carbocycles. The second-order valence-corrected chi connectivity index (χ2v) is 5.92. The number of rotatable bonds is 7. The van der Waals surface area contributed by atoms with Crippen LogP contribution in [0.3, 0.4) is 0 Å². The normalized spacial score (nSPS) is 16.5. The number of carbonyl (C=O) groups is 1. The summed E-state index contributed by atoms with van der Waals surface area (Å²) in [6.45, 7) is 2.22. The fourth-order valence-electron chi connectivity index (χ4n) is 2.85. The molecule has 1 saturated carbocycles. The predicted molar refractivity (Wildman–Crippen MR) is 80.6 cm³/mol. The fourth-order valence-corrected chi connectivity index (χ4v) is 2.85. The summed E-state index contributed by atoms with van der Waals surface area (Å²) >= 11 is 0. The summed E-state index contributed by atoms with van der Waals surface area (Å²) in [5.74, 6) is -1.20. The lowest BCUT2D eigenvalue weighted by Gasteiger charge is -2.15. The summed E-state index contributed by atoms with van der Waals surface area (Å²) in [7, 11) is 0. The minimum atomic E-state index is -0.985. The van der Waals surface area contributed by atoms with Gasteiger partial charge in [-0.15, -0.1) is 0 Å². The van der Waals surface area contributed by atoms with E-state index in [2.05, 4.69) is 5.32 Å². The summed E-state index contributed by atoms with van der Waals surface area (Å²) < 4.78 is 31.2. The van der Waals surface area contributed by atoms with Crippen LogP contribution >= 0.6 is 0 Å². The Balaban J connectivity index is 1.68. The third-order valence-electron chi connectivity index (χ3n) is 4.14. The third-order valence-corrected chi connectivity index (χ3v) is 4.14. The van der Waals surface area contributed by atoms with Crippen LogP contribution in [-0.4, -0.2) is 18.6 Å². The van der Waals surface area contributed by atoms with E-state index in [4.69, 9.17) is 4.74 Å². The number of nitrogens with one attached hydrogen (secondary N) is 1. The van der Waals surface area contributed by atoms with Gasteiger partial charge in [0.25, 0.3) is 5.91 Å². The first kappa shape index (κ1) is 16.7. The number of hydrogen-bond donors (Lipinski definition) is 1. The maximum atomic E-state index is 13.1. The smallest absolute Gasteiger partial charge is 0.260 e. The zero-order valence-electron chi connectivity index (χ0n) is 12.9. The molecule has 1 fully saturated rings. The van der Waals surface area contributed by atoms with E-state index in [0.717, 1.165) is 30.9 Å². The molecule has 0 aliphatic heterocycles. The number of benzene rings is 1. The minimum absolute atomic E-state index is 0.146. The Labute approximate surface area is 130 Å². The lowest BCUT2D eigenvalue weighted by molar-refractivity contribution is -0.127. The van der Waals surface area contributed by atoms with Gasteiger partial charge in [-0.05, 0) is 37.8 Å². The van der Waals surface area contributed by atoms with Gasteiger partial charge in [0, 0.05) is 12.6 Å². The van der Waals surface area contributed by atoms with Crippen LogP contribution in [0.1, 0.15) is 45.4 Å². The van der Waals surface area contributed by atoms with Crippen LogP contribution in [0, 0.1) is 17.6 Å². The van der Waals surface area contributed by atoms with Crippen LogP contribution in [-0.2, 0) is 4.79 Å². The molecule has 5 heteroatoms. The van der Waals surface area contributed by atoms with Crippen LogP contribution in [0.5, 0.6) is 5.75 Å². The molecule has 1 aromatic rings. The van der Waals surface area contributed by atoms with Crippen molar-refractivity contribution < 1.29 is 18.3 Å². The average Bonchev–Trinajstić information content (AvgIpc) is 3.00. The topological polar surface area (TPSA) is 38.3 Å². The van der Waals surface area contributed by atoms with Gasteiger partial charge in [0.1, 0.15) is 5.75 Å². The molecule has 0 bridgehead atoms. The van der Waals surface area contributed by atoms with Gasteiger partial charge in [-0.25, -0.2) is 8.78 Å². The summed E-state index contributed by atoms with van der Waals surface area (Å²) in [4.78, 5) is 11.9. The average molecular weight is 311 g/mol. The third kappa shape index (κ3) is 4.97. The molecule has 1 atom stereocenters. The highest BCUT2D eigenvalue weighted by Crippen LogP contribution is 2.28. The van der Waals surface area contributed by atoms with Crippen LogP contribution in [0.15, 0.2) is 18.2 Å². The molecule has 2 rings (SSSR count). The molecule has 3 nitrogen and oxygen atoms in total. The zero-order chi connectivity index (χ0) is 15.9. The Morgan fingerprint density at radius 3 is 2.73 bits per heavy atom. The van der Waals surface area contributed by atoms with Gasteiger partial charge < -0.3 is 10.1 Å². The van der Waals surface area contributed by atoms with Crippen molar-refractivity contribution in [3.8, 4) is 5.75 Å². The highest BCUT2D eigenvalue weighted by molar-refractivity contribution is 5.80. The lowest BCUT2D eigenvalue weighted by Crippen LogP contribution is -2.36. The highest BCUT2D eigenvalue weighted by atomic mass is 19.2. The molecule has 0 aromatic heterocycles. The second kappa shape index (κ2) is 8.11. The predicted octanol–water partition coefficient (Wildman–Crippen LogP) is 3.82. The fraction of sp³-hybridized carbons (Fsp3) is 0.588. The van der Waals surface area contributed by atoms with Crippen molar-refractivity contribution in [1.29, 1.82) is 0 Å². The Morgan fingerprint density at radius 2 is 2.05 bits per heavy atom. The van der Waals surface area contributed by atoms with Crippen LogP contribution in [0.4, 0.5) is 8.78 Å². The molecule has 0 heterocycles. The van der Waals surface area contributed by atoms with Gasteiger partial charge in [0.2, 0.25) is 0 Å². The maximum absolute atomic E-state index is 13.1. The zero-order valence-corrected chi connectivity index (χ0v) is 12.9. The number of halogens is 2. The molecule has 0 saturated heterocycles. The number of amides is 1. The van der Waals surface area contributed by atoms with Crippen molar-refractivity contribution in [1.82, 2.24) is 5.32 Å². The van der Waals surface area contributed by atoms with Gasteiger partial charge in [-0.2, -0.15) is 0 Å². The SMILES string of the molecule is CC(Oc1ccc(F)c(F)c1)C(=O)NCCCC1CCCC1. The Hall–Kier alpha value is -1.65. The largest absolute Gasteiger partial charge is 0.481 e. The first-order chi connectivity index (χ1) is 10.6. The molecule has 1 amide bonds. The first-order valence-corrected chi connectivity index (χ1v) is 7.95. The van der Waals surface area contributed by atoms with Gasteiger partial charge in [0.05, 0.1) is 0 Å². The van der Waals surface area contributed by atoms with E-state index >= 15 is 0 Å². The minimum Gasteiger partial charge on any atom is -0.481 e. The maximum Gasteiger partial charge on any atom is 0.260 e. The van der Waals surface area contributed by atoms with E-state index in [1.165, 1.54) is 31.7 Å². The standard InChI is InChI=1S/C17H23F2NO2/c1-12(22-14-8-9-15(18)16(19)11-14)17(21)20-10-4-7-13-5-2-3-6-13/h8-9,11-13H,2-7,10H2,1H3,(H,20,21). The molecule has 0 spiro atoms. The van der Waals surface area contributed by atoms with E-state index in [1.807, 2.05) is 0 Å². The first-order valence-electron chi connectivity index (χ1n) is 7.95. The number of hydrogen-bond acceptors (Lipinski definition) is 2. The Morgan fingerprint density at radius 1 is 1.32 bits per heavy atom. The monoisotopic (exact) mass is 311 g/mol. The van der Waals surface area contributed by atoms with Crippen molar-refractivity contribution in [3.63, 3.8) is 0 Å². The molecule has 22 heavy (non-hydrogen) atoms. The van der Waals surface area contributed by atoms with Crippen LogP contribution in [0.25, 0.3) is 0 Å². The van der Waals surface area contributed by atoms with Gasteiger partial charge in [-0.3, -0.25) is 4.79 Å². The quantitative estimate of drug-likeness (QED) is 0.777. The number of ether oxygens (including phenoxy) is 1. The molecular weight excluding hydrogens is 288 g/mol. The molecule has 1 aromatic carbocycles. The summed E-state index contributed by atoms with van der Waals surface area (Å²) in [5, 5.41) is 2.82. The van der Waals surface area contributed by atoms with E-state index < -0.39 is 17.7 Å². The van der Waals surface area contributed by atoms with Gasteiger partial charge >= 0.3 is 0 Å². The van der Waals surface area contributed by atoms with Crippen molar-refractivity contribution in [2.45, 2.75) is 51.6 Å². The van der Waals surface area contributed by atoms with Crippen molar-refractivity contribution in [2.24, 2.45) is 5.92 Å². The molecule has 0 radical (unpaired) electrons. The molecule has 1 unspecified atom stereocenters. The van der Waals surface area contributed by atoms with Crippen molar-refractivity contribution >= 4 is 5.91 Å². The van der Waals surface area contributed by atoms with Crippen LogP contribution in [0.2, 0.25) is 0 Å². The molecule has 122 valence electrons. The van der Waals surface area contributed by atoms with E-state index in [9.17, 15) is 13.6 Å². The summed E-state index contributed by atoms with van der Waals surface area (Å²) in [6, 6.07) is 3.23. The van der Waals surface area contributed by atoms with Gasteiger partial charge in [0.15, 0.2) is 17.7 Å². The Bertz CT molecular complexity index is 501. The lowest BCUT2D eigenvalue weighted by atomic mass is 10.0. The summed E-state index contributed by atoms with van der Waals surface area (Å²) in [6.07, 6.45) is 6.66. The number of carbonyl (C=O) groups excluding carboxylic acids is 1. The highest BCUT2D eigenvalue weighted by Gasteiger charge is 2.17. The van der Waals surface area contributed by atoms with Crippen LogP contribution < -0.4 is 10.1 Å². The Kier molecular flexibility index (Phi) is 6.16. The van der Waals surface area contributed by atoms with Crippen molar-refractivity contribution in [2.75, 3.05) is 6.54 Å². The summed E-state index contributed by atoms with van der Waals surface area (Å²) in [5.41, 5.74) is 0. The van der Waals surface area contributed by atoms with E-state index in [1.54, 1.807) is 6.92 Å². The van der Waals surface area contributed by atoms with Crippen molar-refractivity contribution in [3.05, 3.63) is 29.8 Å². The molecule has 1 aliphatic rings. The molecule has 1 N–H and O–H groups in total. The molecular formula is C17H23F2NO2.